The number of hydrogen-bond acceptors (Lipinski definition) is 3. The summed E-state index contributed by atoms with van der Waals surface area (Å²) in [7, 11) is 2.17. The van der Waals surface area contributed by atoms with Gasteiger partial charge in [0.2, 0.25) is 0 Å². The number of fused-ring (bicyclic) bond motifs is 2. The van der Waals surface area contributed by atoms with Crippen molar-refractivity contribution in [3.63, 3.8) is 0 Å². The fourth-order valence-corrected chi connectivity index (χ4v) is 4.41. The molecule has 2 aromatic rings. The number of hydrogen-bond donors (Lipinski definition) is 1. The van der Waals surface area contributed by atoms with Gasteiger partial charge in [-0.15, -0.1) is 0 Å². The molecule has 138 valence electrons. The molecule has 4 rings (SSSR count). The number of halogens is 1. The number of benzene rings is 1. The molecule has 0 bridgehead atoms. The van der Waals surface area contributed by atoms with Crippen LogP contribution in [-0.4, -0.2) is 52.1 Å². The fraction of sp³-hybridized carbons (Fsp3) is 0.474. The Hall–Kier alpha value is -2.05. The summed E-state index contributed by atoms with van der Waals surface area (Å²) < 4.78 is 2.26. The molecular weight excluding hydrogens is 350 g/mol. The van der Waals surface area contributed by atoms with Crippen LogP contribution < -0.4 is 5.32 Å². The molecule has 3 heterocycles. The van der Waals surface area contributed by atoms with Gasteiger partial charge < -0.3 is 14.8 Å². The summed E-state index contributed by atoms with van der Waals surface area (Å²) in [6.45, 7) is 5.38. The lowest BCUT2D eigenvalue weighted by atomic mass is 9.83. The van der Waals surface area contributed by atoms with Crippen molar-refractivity contribution in [1.29, 1.82) is 0 Å². The van der Waals surface area contributed by atoms with Crippen LogP contribution in [0.25, 0.3) is 0 Å². The molecule has 0 atom stereocenters. The van der Waals surface area contributed by atoms with Gasteiger partial charge in [0.05, 0.1) is 5.54 Å². The van der Waals surface area contributed by atoms with Crippen LogP contribution in [0.3, 0.4) is 0 Å². The van der Waals surface area contributed by atoms with Gasteiger partial charge in [0.25, 0.3) is 0 Å². The van der Waals surface area contributed by atoms with Crippen LogP contribution in [-0.2, 0) is 12.1 Å². The molecule has 0 aliphatic carbocycles. The lowest BCUT2D eigenvalue weighted by Gasteiger charge is -2.49. The van der Waals surface area contributed by atoms with E-state index in [-0.39, 0.29) is 11.6 Å². The van der Waals surface area contributed by atoms with E-state index in [1.807, 2.05) is 30.2 Å². The van der Waals surface area contributed by atoms with Crippen LogP contribution >= 0.6 is 11.6 Å². The zero-order chi connectivity index (χ0) is 18.3. The van der Waals surface area contributed by atoms with Gasteiger partial charge in [-0.25, -0.2) is 9.78 Å². The number of anilines is 1. The van der Waals surface area contributed by atoms with Gasteiger partial charge >= 0.3 is 6.03 Å². The number of carbonyl (C=O) groups excluding carboxylic acids is 1. The molecule has 1 saturated heterocycles. The maximum atomic E-state index is 12.7. The van der Waals surface area contributed by atoms with Gasteiger partial charge in [-0.05, 0) is 50.6 Å². The number of rotatable bonds is 1. The molecule has 2 amide bonds. The molecule has 0 saturated carbocycles. The first-order chi connectivity index (χ1) is 12.5. The van der Waals surface area contributed by atoms with Crippen LogP contribution in [0.2, 0.25) is 5.02 Å². The molecule has 2 aliphatic rings. The number of carbonyl (C=O) groups is 1. The first kappa shape index (κ1) is 17.4. The Labute approximate surface area is 158 Å². The van der Waals surface area contributed by atoms with E-state index in [0.29, 0.717) is 5.02 Å². The zero-order valence-corrected chi connectivity index (χ0v) is 16.0. The van der Waals surface area contributed by atoms with E-state index in [4.69, 9.17) is 11.6 Å². The maximum absolute atomic E-state index is 12.7. The zero-order valence-electron chi connectivity index (χ0n) is 15.2. The highest BCUT2D eigenvalue weighted by atomic mass is 35.5. The summed E-state index contributed by atoms with van der Waals surface area (Å²) in [6, 6.07) is 5.46. The summed E-state index contributed by atoms with van der Waals surface area (Å²) in [4.78, 5) is 21.6. The summed E-state index contributed by atoms with van der Waals surface area (Å²) in [5, 5.41) is 3.69. The minimum absolute atomic E-state index is 0.0490. The van der Waals surface area contributed by atoms with E-state index in [1.165, 1.54) is 0 Å². The Kier molecular flexibility index (Phi) is 4.40. The van der Waals surface area contributed by atoms with Crippen LogP contribution in [0, 0.1) is 6.92 Å². The lowest BCUT2D eigenvalue weighted by Crippen LogP contribution is -2.57. The molecule has 1 N–H and O–H groups in total. The van der Waals surface area contributed by atoms with Crippen molar-refractivity contribution in [2.75, 3.05) is 32.0 Å². The van der Waals surface area contributed by atoms with Crippen LogP contribution in [0.5, 0.6) is 0 Å². The number of piperidine rings is 1. The number of aryl methyl sites for hydroxylation is 1. The first-order valence-electron chi connectivity index (χ1n) is 9.04. The van der Waals surface area contributed by atoms with Gasteiger partial charge in [0.1, 0.15) is 5.82 Å². The Bertz CT molecular complexity index is 825. The summed E-state index contributed by atoms with van der Waals surface area (Å²) in [5.74, 6) is 1.14. The number of urea groups is 1. The highest BCUT2D eigenvalue weighted by Crippen LogP contribution is 2.39. The highest BCUT2D eigenvalue weighted by molar-refractivity contribution is 6.30. The number of nitrogens with one attached hydrogen (secondary N) is 1. The van der Waals surface area contributed by atoms with Gasteiger partial charge in [-0.1, -0.05) is 11.6 Å². The third-order valence-corrected chi connectivity index (χ3v) is 6.08. The van der Waals surface area contributed by atoms with E-state index in [9.17, 15) is 4.79 Å². The number of aromatic nitrogens is 2. The number of likely N-dealkylation sites (tertiary alicyclic amines) is 1. The van der Waals surface area contributed by atoms with E-state index in [2.05, 4.69) is 33.0 Å². The third kappa shape index (κ3) is 2.87. The molecule has 26 heavy (non-hydrogen) atoms. The number of amides is 2. The monoisotopic (exact) mass is 373 g/mol. The largest absolute Gasteiger partial charge is 0.332 e. The number of likely N-dealkylation sites (N-methyl/N-ethyl adjacent to an activating group) is 1. The highest BCUT2D eigenvalue weighted by Gasteiger charge is 2.45. The molecule has 6 nitrogen and oxygen atoms in total. The maximum Gasteiger partial charge on any atom is 0.321 e. The predicted molar refractivity (Wildman–Crippen MR) is 103 cm³/mol. The normalized spacial score (nSPS) is 19.4. The van der Waals surface area contributed by atoms with Gasteiger partial charge in [0, 0.05) is 49.3 Å². The number of imidazole rings is 1. The van der Waals surface area contributed by atoms with E-state index in [0.717, 1.165) is 56.1 Å². The van der Waals surface area contributed by atoms with Crippen molar-refractivity contribution in [2.24, 2.45) is 0 Å². The summed E-state index contributed by atoms with van der Waals surface area (Å²) in [5.41, 5.74) is 1.72. The Morgan fingerprint density at radius 3 is 2.73 bits per heavy atom. The smallest absolute Gasteiger partial charge is 0.321 e. The summed E-state index contributed by atoms with van der Waals surface area (Å²) in [6.07, 6.45) is 5.74. The predicted octanol–water partition coefficient (Wildman–Crippen LogP) is 3.31. The average Bonchev–Trinajstić information content (AvgIpc) is 3.11. The second kappa shape index (κ2) is 6.59. The summed E-state index contributed by atoms with van der Waals surface area (Å²) >= 11 is 5.99. The molecule has 0 unspecified atom stereocenters. The molecule has 0 radical (unpaired) electrons. The van der Waals surface area contributed by atoms with Gasteiger partial charge in [0.15, 0.2) is 0 Å². The second-order valence-electron chi connectivity index (χ2n) is 7.27. The van der Waals surface area contributed by atoms with Crippen LogP contribution in [0.1, 0.15) is 24.2 Å². The van der Waals surface area contributed by atoms with Crippen LogP contribution in [0.15, 0.2) is 30.6 Å². The van der Waals surface area contributed by atoms with Crippen LogP contribution in [0.4, 0.5) is 10.5 Å². The van der Waals surface area contributed by atoms with E-state index < -0.39 is 0 Å². The Morgan fingerprint density at radius 1 is 1.23 bits per heavy atom. The van der Waals surface area contributed by atoms with Crippen molar-refractivity contribution in [3.8, 4) is 0 Å². The standard InChI is InChI=1S/C19H24ClN5O/c1-14-13-15(20)3-4-16(14)22-18(26)25-8-5-19(6-9-25)17-21-7-10-24(17)12-11-23(19)2/h3-4,7,10,13H,5-6,8-9,11-12H2,1-2H3,(H,22,26). The molecule has 7 heteroatoms. The van der Waals surface area contributed by atoms with E-state index >= 15 is 0 Å². The molecule has 1 fully saturated rings. The topological polar surface area (TPSA) is 53.4 Å². The Morgan fingerprint density at radius 2 is 2.00 bits per heavy atom. The minimum atomic E-state index is -0.0608. The molecular formula is C19H24ClN5O. The third-order valence-electron chi connectivity index (χ3n) is 5.85. The van der Waals surface area contributed by atoms with Crippen molar-refractivity contribution in [2.45, 2.75) is 31.8 Å². The molecule has 1 spiro atoms. The van der Waals surface area contributed by atoms with Gasteiger partial charge in [-0.2, -0.15) is 0 Å². The molecule has 1 aromatic carbocycles. The quantitative estimate of drug-likeness (QED) is 0.834. The first-order valence-corrected chi connectivity index (χ1v) is 9.42. The van der Waals surface area contributed by atoms with Crippen molar-refractivity contribution < 1.29 is 4.79 Å². The fourth-order valence-electron chi connectivity index (χ4n) is 4.19. The SMILES string of the molecule is Cc1cc(Cl)ccc1NC(=O)N1CCC2(CC1)c1nccn1CCN2C. The van der Waals surface area contributed by atoms with Crippen molar-refractivity contribution >= 4 is 23.3 Å². The van der Waals surface area contributed by atoms with Crippen molar-refractivity contribution in [1.82, 2.24) is 19.4 Å². The average molecular weight is 374 g/mol. The van der Waals surface area contributed by atoms with E-state index in [1.54, 1.807) is 6.07 Å². The molecule has 2 aliphatic heterocycles. The van der Waals surface area contributed by atoms with Gasteiger partial charge in [-0.3, -0.25) is 4.90 Å². The molecule has 1 aromatic heterocycles. The number of nitrogens with zero attached hydrogens (tertiary/aromatic N) is 4. The second-order valence-corrected chi connectivity index (χ2v) is 7.71. The Balaban J connectivity index is 1.46. The lowest BCUT2D eigenvalue weighted by molar-refractivity contribution is 0.0197. The minimum Gasteiger partial charge on any atom is -0.332 e. The van der Waals surface area contributed by atoms with Crippen molar-refractivity contribution in [3.05, 3.63) is 47.0 Å².